The van der Waals surface area contributed by atoms with Gasteiger partial charge in [-0.3, -0.25) is 14.9 Å². The van der Waals surface area contributed by atoms with Gasteiger partial charge in [0.15, 0.2) is 0 Å². The highest BCUT2D eigenvalue weighted by Gasteiger charge is 2.28. The average molecular weight is 475 g/mol. The molecular formula is C23H30N4O5S. The summed E-state index contributed by atoms with van der Waals surface area (Å²) in [6.45, 7) is 5.07. The van der Waals surface area contributed by atoms with E-state index in [2.05, 4.69) is 10.6 Å². The largest absolute Gasteiger partial charge is 0.375 e. The van der Waals surface area contributed by atoms with E-state index in [0.717, 1.165) is 30.9 Å². The van der Waals surface area contributed by atoms with Gasteiger partial charge in [-0.15, -0.1) is 0 Å². The first-order valence-electron chi connectivity index (χ1n) is 11.1. The maximum atomic E-state index is 12.9. The number of amides is 1. The van der Waals surface area contributed by atoms with E-state index in [4.69, 9.17) is 0 Å². The number of piperidine rings is 1. The zero-order valence-corrected chi connectivity index (χ0v) is 19.7. The fraction of sp³-hybridized carbons (Fsp3) is 0.435. The number of hydrogen-bond donors (Lipinski definition) is 2. The summed E-state index contributed by atoms with van der Waals surface area (Å²) in [4.78, 5) is 23.0. The molecule has 1 aliphatic heterocycles. The molecule has 0 aliphatic carbocycles. The molecule has 2 N–H and O–H groups in total. The van der Waals surface area contributed by atoms with Crippen LogP contribution in [-0.2, 0) is 21.4 Å². The maximum absolute atomic E-state index is 12.9. The van der Waals surface area contributed by atoms with Gasteiger partial charge in [-0.25, -0.2) is 8.42 Å². The third-order valence-electron chi connectivity index (χ3n) is 5.41. The minimum absolute atomic E-state index is 0.0727. The Morgan fingerprint density at radius 3 is 2.52 bits per heavy atom. The fourth-order valence-electron chi connectivity index (χ4n) is 3.77. The summed E-state index contributed by atoms with van der Waals surface area (Å²) in [5, 5.41) is 17.5. The molecule has 1 amide bonds. The zero-order chi connectivity index (χ0) is 24.0. The number of anilines is 2. The average Bonchev–Trinajstić information content (AvgIpc) is 2.77. The lowest BCUT2D eigenvalue weighted by Gasteiger charge is -2.25. The van der Waals surface area contributed by atoms with E-state index < -0.39 is 14.9 Å². The molecule has 9 nitrogen and oxygen atoms in total. The molecule has 2 aromatic rings. The quantitative estimate of drug-likeness (QED) is 0.411. The van der Waals surface area contributed by atoms with Gasteiger partial charge in [-0.1, -0.05) is 32.4 Å². The van der Waals surface area contributed by atoms with Crippen LogP contribution in [0.4, 0.5) is 17.1 Å². The standard InChI is InChI=1S/C23H30N4O5S/c1-17(2)13-23(28)25-19-8-6-7-18(14-19)16-24-21-10-9-20(15-22(21)27(29)30)33(31,32)26-11-4-3-5-12-26/h6-10,14-15,17,24H,3-5,11-13,16H2,1-2H3,(H,25,28). The second-order valence-corrected chi connectivity index (χ2v) is 10.5. The number of carbonyl (C=O) groups is 1. The number of sulfonamides is 1. The van der Waals surface area contributed by atoms with Crippen LogP contribution in [0, 0.1) is 16.0 Å². The fourth-order valence-corrected chi connectivity index (χ4v) is 5.30. The van der Waals surface area contributed by atoms with Crippen molar-refractivity contribution in [2.75, 3.05) is 23.7 Å². The molecular weight excluding hydrogens is 444 g/mol. The second-order valence-electron chi connectivity index (χ2n) is 8.60. The number of nitro groups is 1. The van der Waals surface area contributed by atoms with E-state index in [1.807, 2.05) is 19.9 Å². The Balaban J connectivity index is 1.74. The predicted octanol–water partition coefficient (Wildman–Crippen LogP) is 4.37. The molecule has 0 radical (unpaired) electrons. The Bertz CT molecular complexity index is 1110. The monoisotopic (exact) mass is 474 g/mol. The molecule has 178 valence electrons. The third-order valence-corrected chi connectivity index (χ3v) is 7.30. The van der Waals surface area contributed by atoms with Crippen molar-refractivity contribution in [1.29, 1.82) is 0 Å². The molecule has 1 saturated heterocycles. The van der Waals surface area contributed by atoms with Crippen LogP contribution in [-0.4, -0.2) is 36.6 Å². The van der Waals surface area contributed by atoms with Crippen LogP contribution in [0.2, 0.25) is 0 Å². The van der Waals surface area contributed by atoms with Crippen LogP contribution in [0.1, 0.15) is 45.1 Å². The number of nitrogens with zero attached hydrogens (tertiary/aromatic N) is 2. The molecule has 0 bridgehead atoms. The van der Waals surface area contributed by atoms with Crippen LogP contribution in [0.3, 0.4) is 0 Å². The molecule has 1 fully saturated rings. The van der Waals surface area contributed by atoms with E-state index >= 15 is 0 Å². The van der Waals surface area contributed by atoms with Gasteiger partial charge in [0.2, 0.25) is 15.9 Å². The molecule has 3 rings (SSSR count). The van der Waals surface area contributed by atoms with Gasteiger partial charge in [0.1, 0.15) is 5.69 Å². The first kappa shape index (κ1) is 24.7. The molecule has 1 aliphatic rings. The first-order valence-corrected chi connectivity index (χ1v) is 12.5. The van der Waals surface area contributed by atoms with Crippen LogP contribution >= 0.6 is 0 Å². The Labute approximate surface area is 194 Å². The number of nitro benzene ring substituents is 1. The van der Waals surface area contributed by atoms with Gasteiger partial charge >= 0.3 is 0 Å². The van der Waals surface area contributed by atoms with E-state index in [9.17, 15) is 23.3 Å². The topological polar surface area (TPSA) is 122 Å². The van der Waals surface area contributed by atoms with Gasteiger partial charge in [0.25, 0.3) is 5.69 Å². The Kier molecular flexibility index (Phi) is 8.04. The number of carbonyl (C=O) groups excluding carboxylic acids is 1. The van der Waals surface area contributed by atoms with Crippen molar-refractivity contribution in [3.63, 3.8) is 0 Å². The van der Waals surface area contributed by atoms with Crippen molar-refractivity contribution >= 4 is 33.0 Å². The Morgan fingerprint density at radius 1 is 1.12 bits per heavy atom. The third kappa shape index (κ3) is 6.52. The summed E-state index contributed by atoms with van der Waals surface area (Å²) in [5.41, 5.74) is 1.40. The summed E-state index contributed by atoms with van der Waals surface area (Å²) in [6, 6.07) is 11.2. The van der Waals surface area contributed by atoms with E-state index in [-0.39, 0.29) is 34.6 Å². The van der Waals surface area contributed by atoms with Gasteiger partial charge in [0.05, 0.1) is 9.82 Å². The summed E-state index contributed by atoms with van der Waals surface area (Å²) in [7, 11) is -3.77. The Hall–Kier alpha value is -2.98. The number of nitrogens with one attached hydrogen (secondary N) is 2. The van der Waals surface area contributed by atoms with E-state index in [1.54, 1.807) is 18.2 Å². The lowest BCUT2D eigenvalue weighted by atomic mass is 10.1. The highest BCUT2D eigenvalue weighted by atomic mass is 32.2. The first-order chi connectivity index (χ1) is 15.7. The normalized spacial score (nSPS) is 14.8. The summed E-state index contributed by atoms with van der Waals surface area (Å²) in [6.07, 6.45) is 2.98. The van der Waals surface area contributed by atoms with E-state index in [1.165, 1.54) is 16.4 Å². The molecule has 10 heteroatoms. The minimum atomic E-state index is -3.77. The van der Waals surface area contributed by atoms with E-state index in [0.29, 0.717) is 25.2 Å². The molecule has 0 unspecified atom stereocenters. The minimum Gasteiger partial charge on any atom is -0.375 e. The van der Waals surface area contributed by atoms with Gasteiger partial charge in [-0.2, -0.15) is 4.31 Å². The van der Waals surface area contributed by atoms with Crippen molar-refractivity contribution in [2.24, 2.45) is 5.92 Å². The lowest BCUT2D eigenvalue weighted by Crippen LogP contribution is -2.35. The summed E-state index contributed by atoms with van der Waals surface area (Å²) >= 11 is 0. The zero-order valence-electron chi connectivity index (χ0n) is 18.9. The van der Waals surface area contributed by atoms with Crippen molar-refractivity contribution in [2.45, 2.75) is 51.0 Å². The van der Waals surface area contributed by atoms with Crippen LogP contribution in [0.5, 0.6) is 0 Å². The molecule has 2 aromatic carbocycles. The van der Waals surface area contributed by atoms with Crippen LogP contribution < -0.4 is 10.6 Å². The van der Waals surface area contributed by atoms with Gasteiger partial charge in [-0.05, 0) is 48.6 Å². The molecule has 1 heterocycles. The highest BCUT2D eigenvalue weighted by Crippen LogP contribution is 2.30. The lowest BCUT2D eigenvalue weighted by molar-refractivity contribution is -0.384. The van der Waals surface area contributed by atoms with Crippen LogP contribution in [0.25, 0.3) is 0 Å². The SMILES string of the molecule is CC(C)CC(=O)Nc1cccc(CNc2ccc(S(=O)(=O)N3CCCCC3)cc2[N+](=O)[O-])c1. The maximum Gasteiger partial charge on any atom is 0.293 e. The predicted molar refractivity (Wildman–Crippen MR) is 128 cm³/mol. The van der Waals surface area contributed by atoms with Crippen molar-refractivity contribution in [3.05, 3.63) is 58.1 Å². The van der Waals surface area contributed by atoms with Crippen molar-refractivity contribution in [1.82, 2.24) is 4.31 Å². The molecule has 33 heavy (non-hydrogen) atoms. The number of hydrogen-bond acceptors (Lipinski definition) is 6. The van der Waals surface area contributed by atoms with Crippen molar-refractivity contribution < 1.29 is 18.1 Å². The smallest absolute Gasteiger partial charge is 0.293 e. The second kappa shape index (κ2) is 10.8. The summed E-state index contributed by atoms with van der Waals surface area (Å²) < 4.78 is 27.2. The summed E-state index contributed by atoms with van der Waals surface area (Å²) in [5.74, 6) is 0.174. The number of benzene rings is 2. The van der Waals surface area contributed by atoms with Gasteiger partial charge in [0, 0.05) is 37.8 Å². The van der Waals surface area contributed by atoms with Crippen molar-refractivity contribution in [3.8, 4) is 0 Å². The number of rotatable bonds is 9. The molecule has 0 spiro atoms. The Morgan fingerprint density at radius 2 is 1.85 bits per heavy atom. The molecule has 0 saturated carbocycles. The molecule has 0 atom stereocenters. The van der Waals surface area contributed by atoms with Gasteiger partial charge < -0.3 is 10.6 Å². The highest BCUT2D eigenvalue weighted by molar-refractivity contribution is 7.89. The molecule has 0 aromatic heterocycles. The van der Waals surface area contributed by atoms with Crippen LogP contribution in [0.15, 0.2) is 47.4 Å².